The van der Waals surface area contributed by atoms with E-state index in [1.165, 1.54) is 21.5 Å². The molecule has 0 aliphatic carbocycles. The summed E-state index contributed by atoms with van der Waals surface area (Å²) in [4.78, 5) is 16.9. The lowest BCUT2D eigenvalue weighted by Gasteiger charge is -2.17. The summed E-state index contributed by atoms with van der Waals surface area (Å²) in [5.41, 5.74) is 17.0. The molecule has 0 amide bonds. The van der Waals surface area contributed by atoms with Crippen molar-refractivity contribution in [3.05, 3.63) is 267 Å². The van der Waals surface area contributed by atoms with Crippen molar-refractivity contribution in [3.63, 3.8) is 0 Å². The predicted octanol–water partition coefficient (Wildman–Crippen LogP) is 17.5. The zero-order valence-electron chi connectivity index (χ0n) is 40.6. The Morgan fingerprint density at radius 3 is 0.920 bits per heavy atom. The van der Waals surface area contributed by atoms with Gasteiger partial charge in [-0.2, -0.15) is 9.97 Å². The molecular formula is C69H44N6. The van der Waals surface area contributed by atoms with Crippen LogP contribution in [0.1, 0.15) is 0 Å². The maximum atomic E-state index is 5.64. The fourth-order valence-corrected chi connectivity index (χ4v) is 11.5. The van der Waals surface area contributed by atoms with E-state index in [4.69, 9.17) is 15.0 Å². The van der Waals surface area contributed by atoms with E-state index in [2.05, 4.69) is 281 Å². The number of aromatic nitrogens is 6. The molecule has 15 aromatic rings. The minimum Gasteiger partial charge on any atom is -0.308 e. The molecule has 0 atom stereocenters. The quantitative estimate of drug-likeness (QED) is 0.152. The van der Waals surface area contributed by atoms with Crippen LogP contribution in [0.4, 0.5) is 0 Å². The van der Waals surface area contributed by atoms with E-state index in [0.717, 1.165) is 99.8 Å². The van der Waals surface area contributed by atoms with Gasteiger partial charge in [0.2, 0.25) is 5.95 Å². The fourth-order valence-electron chi connectivity index (χ4n) is 11.5. The number of hydrogen-bond donors (Lipinski definition) is 0. The monoisotopic (exact) mass is 956 g/mol. The van der Waals surface area contributed by atoms with Crippen molar-refractivity contribution >= 4 is 65.4 Å². The Bertz CT molecular complexity index is 4480. The van der Waals surface area contributed by atoms with Crippen LogP contribution in [0.25, 0.3) is 139 Å². The van der Waals surface area contributed by atoms with E-state index in [-0.39, 0.29) is 0 Å². The zero-order valence-corrected chi connectivity index (χ0v) is 40.6. The number of fused-ring (bicyclic) bond motifs is 9. The van der Waals surface area contributed by atoms with Crippen molar-refractivity contribution in [1.82, 2.24) is 28.7 Å². The van der Waals surface area contributed by atoms with Gasteiger partial charge in [-0.25, -0.2) is 4.98 Å². The molecule has 350 valence electrons. The van der Waals surface area contributed by atoms with Gasteiger partial charge in [0.15, 0.2) is 11.6 Å². The molecule has 0 unspecified atom stereocenters. The van der Waals surface area contributed by atoms with E-state index in [1.54, 1.807) is 0 Å². The highest BCUT2D eigenvalue weighted by molar-refractivity contribution is 6.13. The van der Waals surface area contributed by atoms with Crippen LogP contribution >= 0.6 is 0 Å². The van der Waals surface area contributed by atoms with E-state index in [9.17, 15) is 0 Å². The summed E-state index contributed by atoms with van der Waals surface area (Å²) < 4.78 is 7.01. The Morgan fingerprint density at radius 1 is 0.213 bits per heavy atom. The van der Waals surface area contributed by atoms with Crippen LogP contribution in [0.15, 0.2) is 267 Å². The molecule has 0 fully saturated rings. The summed E-state index contributed by atoms with van der Waals surface area (Å²) in [6, 6.07) is 95.2. The molecule has 6 nitrogen and oxygen atoms in total. The first-order valence-electron chi connectivity index (χ1n) is 25.4. The third-order valence-corrected chi connectivity index (χ3v) is 14.9. The Kier molecular flexibility index (Phi) is 9.78. The lowest BCUT2D eigenvalue weighted by atomic mass is 10.0. The molecule has 0 saturated heterocycles. The summed E-state index contributed by atoms with van der Waals surface area (Å²) in [6.07, 6.45) is 0. The van der Waals surface area contributed by atoms with Gasteiger partial charge in [-0.05, 0) is 94.0 Å². The molecule has 0 radical (unpaired) electrons. The highest BCUT2D eigenvalue weighted by Gasteiger charge is 2.24. The normalized spacial score (nSPS) is 11.7. The second kappa shape index (κ2) is 17.3. The van der Waals surface area contributed by atoms with E-state index in [0.29, 0.717) is 17.6 Å². The van der Waals surface area contributed by atoms with Gasteiger partial charge in [0.05, 0.1) is 44.5 Å². The number of nitrogens with zero attached hydrogens (tertiary/aromatic N) is 6. The Hall–Kier alpha value is -10.2. The van der Waals surface area contributed by atoms with Gasteiger partial charge in [-0.1, -0.05) is 206 Å². The first-order chi connectivity index (χ1) is 37.2. The van der Waals surface area contributed by atoms with Gasteiger partial charge in [-0.3, -0.25) is 4.57 Å². The molecule has 6 heteroatoms. The molecule has 15 rings (SSSR count). The van der Waals surface area contributed by atoms with E-state index < -0.39 is 0 Å². The van der Waals surface area contributed by atoms with Crippen molar-refractivity contribution in [2.24, 2.45) is 0 Å². The molecule has 0 N–H and O–H groups in total. The maximum absolute atomic E-state index is 5.64. The van der Waals surface area contributed by atoms with Crippen LogP contribution in [0, 0.1) is 0 Å². The van der Waals surface area contributed by atoms with Crippen molar-refractivity contribution in [2.75, 3.05) is 0 Å². The van der Waals surface area contributed by atoms with Crippen molar-refractivity contribution < 1.29 is 0 Å². The van der Waals surface area contributed by atoms with Gasteiger partial charge in [0, 0.05) is 43.4 Å². The number of hydrogen-bond acceptors (Lipinski definition) is 3. The van der Waals surface area contributed by atoms with Crippen LogP contribution in [0.2, 0.25) is 0 Å². The Labute approximate surface area is 432 Å². The third kappa shape index (κ3) is 6.92. The van der Waals surface area contributed by atoms with Gasteiger partial charge < -0.3 is 9.13 Å². The summed E-state index contributed by atoms with van der Waals surface area (Å²) in [6.45, 7) is 0. The fraction of sp³-hybridized carbons (Fsp3) is 0. The second-order valence-electron chi connectivity index (χ2n) is 19.2. The molecule has 0 bridgehead atoms. The van der Waals surface area contributed by atoms with Crippen molar-refractivity contribution in [2.45, 2.75) is 0 Å². The van der Waals surface area contributed by atoms with Gasteiger partial charge in [-0.15, -0.1) is 0 Å². The SMILES string of the molecule is c1ccc(-c2ccc3c4ccccc4n(-c4nc(-c5ccccc5-n5c6ccccc6c6ccc(-c7ccccc7)cc65)nc(-c5ccccc5-n5c6ccccc6c6ccc(-c7ccccc7)cc65)n4)c3c2)cc1. The standard InChI is InChI=1S/C69H44N6/c1-4-20-45(21-5-1)48-36-39-54-51-26-10-15-31-59(51)73(64(54)42-48)62-34-18-13-29-57(62)67-70-68(72-69(71-67)75-61-33-17-12-28-53(61)56-41-38-50(44-66(56)75)47-24-8-3-9-25-47)58-30-14-19-35-63(58)74-60-32-16-11-27-52(60)55-40-37-49(43-65(55)74)46-22-6-2-7-23-46/h1-44H. The highest BCUT2D eigenvalue weighted by Crippen LogP contribution is 2.42. The van der Waals surface area contributed by atoms with Crippen LogP contribution in [-0.4, -0.2) is 28.7 Å². The Morgan fingerprint density at radius 2 is 0.520 bits per heavy atom. The van der Waals surface area contributed by atoms with Crippen LogP contribution in [-0.2, 0) is 0 Å². The average molecular weight is 957 g/mol. The Balaban J connectivity index is 1.02. The molecule has 75 heavy (non-hydrogen) atoms. The summed E-state index contributed by atoms with van der Waals surface area (Å²) >= 11 is 0. The molecule has 4 aromatic heterocycles. The van der Waals surface area contributed by atoms with Crippen LogP contribution in [0.5, 0.6) is 0 Å². The number of benzene rings is 11. The summed E-state index contributed by atoms with van der Waals surface area (Å²) in [5.74, 6) is 1.65. The number of para-hydroxylation sites is 5. The smallest absolute Gasteiger partial charge is 0.238 e. The molecule has 0 aliphatic heterocycles. The molecular weight excluding hydrogens is 913 g/mol. The molecule has 0 aliphatic rings. The van der Waals surface area contributed by atoms with Crippen molar-refractivity contribution in [3.8, 4) is 73.5 Å². The van der Waals surface area contributed by atoms with Crippen molar-refractivity contribution in [1.29, 1.82) is 0 Å². The number of rotatable bonds is 8. The minimum absolute atomic E-state index is 0.526. The first-order valence-corrected chi connectivity index (χ1v) is 25.4. The highest BCUT2D eigenvalue weighted by atomic mass is 15.2. The molecule has 0 saturated carbocycles. The molecule has 4 heterocycles. The summed E-state index contributed by atoms with van der Waals surface area (Å²) in [7, 11) is 0. The predicted molar refractivity (Wildman–Crippen MR) is 310 cm³/mol. The van der Waals surface area contributed by atoms with Crippen LogP contribution < -0.4 is 0 Å². The lowest BCUT2D eigenvalue weighted by molar-refractivity contribution is 0.950. The largest absolute Gasteiger partial charge is 0.308 e. The average Bonchev–Trinajstić information content (AvgIpc) is 4.18. The van der Waals surface area contributed by atoms with Crippen LogP contribution in [0.3, 0.4) is 0 Å². The second-order valence-corrected chi connectivity index (χ2v) is 19.2. The summed E-state index contributed by atoms with van der Waals surface area (Å²) in [5, 5.41) is 6.94. The maximum Gasteiger partial charge on any atom is 0.238 e. The van der Waals surface area contributed by atoms with Gasteiger partial charge in [0.1, 0.15) is 0 Å². The van der Waals surface area contributed by atoms with E-state index in [1.807, 2.05) is 0 Å². The lowest BCUT2D eigenvalue weighted by Crippen LogP contribution is -2.09. The topological polar surface area (TPSA) is 53.5 Å². The van der Waals surface area contributed by atoms with E-state index >= 15 is 0 Å². The minimum atomic E-state index is 0.526. The first kappa shape index (κ1) is 42.5. The molecule has 11 aromatic carbocycles. The van der Waals surface area contributed by atoms with Gasteiger partial charge in [0.25, 0.3) is 0 Å². The molecule has 0 spiro atoms. The zero-order chi connectivity index (χ0) is 49.4. The van der Waals surface area contributed by atoms with Gasteiger partial charge >= 0.3 is 0 Å². The third-order valence-electron chi connectivity index (χ3n) is 14.9.